The Balaban J connectivity index is 2.30. The first-order chi connectivity index (χ1) is 9.77. The van der Waals surface area contributed by atoms with Crippen molar-refractivity contribution in [1.82, 2.24) is 4.98 Å². The van der Waals surface area contributed by atoms with Crippen LogP contribution in [0.15, 0.2) is 36.4 Å². The van der Waals surface area contributed by atoms with Gasteiger partial charge in [-0.15, -0.1) is 0 Å². The summed E-state index contributed by atoms with van der Waals surface area (Å²) in [6.45, 7) is 0. The molecule has 0 atom stereocenters. The molecule has 9 heteroatoms. The summed E-state index contributed by atoms with van der Waals surface area (Å²) in [5.74, 6) is -0.423. The molecule has 0 aliphatic rings. The second-order valence-electron chi connectivity index (χ2n) is 3.84. The van der Waals surface area contributed by atoms with Crippen LogP contribution >= 0.6 is 11.6 Å². The van der Waals surface area contributed by atoms with E-state index in [-0.39, 0.29) is 10.9 Å². The van der Waals surface area contributed by atoms with Gasteiger partial charge in [-0.2, -0.15) is 18.2 Å². The number of hydrogen-bond acceptors (Lipinski definition) is 4. The number of halogens is 4. The molecule has 0 aliphatic carbocycles. The smallest absolute Gasteiger partial charge is 0.416 e. The fraction of sp³-hybridized carbons (Fsp3) is 0.0833. The highest BCUT2D eigenvalue weighted by Gasteiger charge is 2.30. The van der Waals surface area contributed by atoms with Crippen molar-refractivity contribution in [1.29, 1.82) is 0 Å². The maximum absolute atomic E-state index is 12.4. The van der Waals surface area contributed by atoms with E-state index in [1.807, 2.05) is 0 Å². The number of nitrogens with zero attached hydrogens (tertiary/aromatic N) is 2. The van der Waals surface area contributed by atoms with Gasteiger partial charge in [-0.25, -0.2) is 0 Å². The molecule has 0 bridgehead atoms. The molecule has 0 N–H and O–H groups in total. The lowest BCUT2D eigenvalue weighted by molar-refractivity contribution is -0.386. The third kappa shape index (κ3) is 3.60. The van der Waals surface area contributed by atoms with Crippen molar-refractivity contribution in [2.45, 2.75) is 6.18 Å². The van der Waals surface area contributed by atoms with Crippen molar-refractivity contribution >= 4 is 17.3 Å². The average molecular weight is 319 g/mol. The Bertz CT molecular complexity index is 674. The molecule has 0 saturated heterocycles. The van der Waals surface area contributed by atoms with E-state index < -0.39 is 28.2 Å². The number of alkyl halides is 3. The Labute approximate surface area is 121 Å². The van der Waals surface area contributed by atoms with Gasteiger partial charge in [0, 0.05) is 6.07 Å². The third-order valence-corrected chi connectivity index (χ3v) is 2.61. The second-order valence-corrected chi connectivity index (χ2v) is 4.23. The predicted molar refractivity (Wildman–Crippen MR) is 67.4 cm³/mol. The summed E-state index contributed by atoms with van der Waals surface area (Å²) < 4.78 is 42.3. The van der Waals surface area contributed by atoms with E-state index in [4.69, 9.17) is 16.3 Å². The number of ether oxygens (including phenoxy) is 1. The van der Waals surface area contributed by atoms with Gasteiger partial charge in [-0.05, 0) is 30.3 Å². The molecule has 110 valence electrons. The van der Waals surface area contributed by atoms with Gasteiger partial charge in [-0.1, -0.05) is 11.6 Å². The second kappa shape index (κ2) is 5.57. The van der Waals surface area contributed by atoms with E-state index in [1.165, 1.54) is 6.07 Å². The highest BCUT2D eigenvalue weighted by Crippen LogP contribution is 2.33. The van der Waals surface area contributed by atoms with E-state index in [2.05, 4.69) is 4.98 Å². The summed E-state index contributed by atoms with van der Waals surface area (Å²) in [5.41, 5.74) is -1.30. The summed E-state index contributed by atoms with van der Waals surface area (Å²) in [4.78, 5) is 13.7. The number of nitro groups is 1. The van der Waals surface area contributed by atoms with Crippen LogP contribution in [0.5, 0.6) is 11.6 Å². The van der Waals surface area contributed by atoms with Gasteiger partial charge in [0.15, 0.2) is 0 Å². The van der Waals surface area contributed by atoms with E-state index >= 15 is 0 Å². The van der Waals surface area contributed by atoms with E-state index in [0.717, 1.165) is 30.3 Å². The zero-order chi connectivity index (χ0) is 15.6. The highest BCUT2D eigenvalue weighted by atomic mass is 35.5. The minimum Gasteiger partial charge on any atom is -0.434 e. The first-order valence-corrected chi connectivity index (χ1v) is 5.81. The Morgan fingerprint density at radius 1 is 1.14 bits per heavy atom. The van der Waals surface area contributed by atoms with Crippen molar-refractivity contribution in [3.63, 3.8) is 0 Å². The first-order valence-electron chi connectivity index (χ1n) is 5.43. The quantitative estimate of drug-likeness (QED) is 0.476. The molecule has 0 amide bonds. The van der Waals surface area contributed by atoms with Crippen molar-refractivity contribution < 1.29 is 22.8 Å². The van der Waals surface area contributed by atoms with Crippen molar-refractivity contribution in [2.24, 2.45) is 0 Å². The van der Waals surface area contributed by atoms with Gasteiger partial charge in [0.05, 0.1) is 10.5 Å². The normalized spacial score (nSPS) is 11.2. The van der Waals surface area contributed by atoms with Gasteiger partial charge < -0.3 is 4.74 Å². The van der Waals surface area contributed by atoms with Crippen LogP contribution in [0, 0.1) is 10.1 Å². The van der Waals surface area contributed by atoms with E-state index in [1.54, 1.807) is 0 Å². The first kappa shape index (κ1) is 15.0. The number of benzene rings is 1. The lowest BCUT2D eigenvalue weighted by Gasteiger charge is -2.08. The lowest BCUT2D eigenvalue weighted by atomic mass is 10.2. The van der Waals surface area contributed by atoms with Crippen molar-refractivity contribution in [2.75, 3.05) is 0 Å². The molecule has 0 spiro atoms. The van der Waals surface area contributed by atoms with Gasteiger partial charge in [-0.3, -0.25) is 10.1 Å². The topological polar surface area (TPSA) is 65.3 Å². The molecule has 1 aromatic carbocycles. The van der Waals surface area contributed by atoms with Crippen LogP contribution in [-0.2, 0) is 6.18 Å². The van der Waals surface area contributed by atoms with Crippen LogP contribution < -0.4 is 4.74 Å². The Hall–Kier alpha value is -2.35. The fourth-order valence-corrected chi connectivity index (χ4v) is 1.59. The molecule has 0 aliphatic heterocycles. The van der Waals surface area contributed by atoms with Crippen LogP contribution in [0.3, 0.4) is 0 Å². The minimum absolute atomic E-state index is 0.0270. The maximum atomic E-state index is 12.4. The van der Waals surface area contributed by atoms with E-state index in [9.17, 15) is 23.3 Å². The third-order valence-electron chi connectivity index (χ3n) is 2.40. The number of hydrogen-bond donors (Lipinski definition) is 0. The van der Waals surface area contributed by atoms with Gasteiger partial charge in [0.2, 0.25) is 0 Å². The molecule has 1 heterocycles. The molecule has 0 radical (unpaired) electrons. The zero-order valence-corrected chi connectivity index (χ0v) is 10.9. The average Bonchev–Trinajstić information content (AvgIpc) is 2.38. The molecule has 0 unspecified atom stereocenters. The molecule has 2 rings (SSSR count). The van der Waals surface area contributed by atoms with Gasteiger partial charge >= 0.3 is 17.7 Å². The molecule has 2 aromatic rings. The number of pyridine rings is 1. The standard InChI is InChI=1S/C12H6ClF3N2O3/c13-10-6-5-9(18(19)20)11(17-10)21-8-3-1-7(2-4-8)12(14,15)16/h1-6H. The molecule has 0 fully saturated rings. The summed E-state index contributed by atoms with van der Waals surface area (Å²) >= 11 is 5.61. The predicted octanol–water partition coefficient (Wildman–Crippen LogP) is 4.45. The Morgan fingerprint density at radius 3 is 2.29 bits per heavy atom. The minimum atomic E-state index is -4.47. The van der Waals surface area contributed by atoms with E-state index in [0.29, 0.717) is 0 Å². The van der Waals surface area contributed by atoms with Crippen LogP contribution in [-0.4, -0.2) is 9.91 Å². The van der Waals surface area contributed by atoms with Crippen LogP contribution in [0.25, 0.3) is 0 Å². The molecular weight excluding hydrogens is 313 g/mol. The number of aromatic nitrogens is 1. The molecule has 21 heavy (non-hydrogen) atoms. The van der Waals surface area contributed by atoms with Crippen LogP contribution in [0.4, 0.5) is 18.9 Å². The Kier molecular flexibility index (Phi) is 3.99. The Morgan fingerprint density at radius 2 is 1.76 bits per heavy atom. The highest BCUT2D eigenvalue weighted by molar-refractivity contribution is 6.29. The molecule has 5 nitrogen and oxygen atoms in total. The van der Waals surface area contributed by atoms with Crippen molar-refractivity contribution in [3.05, 3.63) is 57.2 Å². The summed E-state index contributed by atoms with van der Waals surface area (Å²) in [6.07, 6.45) is -4.47. The number of rotatable bonds is 3. The van der Waals surface area contributed by atoms with Crippen LogP contribution in [0.2, 0.25) is 5.15 Å². The largest absolute Gasteiger partial charge is 0.434 e. The summed E-state index contributed by atoms with van der Waals surface area (Å²) in [5, 5.41) is 10.8. The molecule has 0 saturated carbocycles. The molecular formula is C12H6ClF3N2O3. The SMILES string of the molecule is O=[N+]([O-])c1ccc(Cl)nc1Oc1ccc(C(F)(F)F)cc1. The lowest BCUT2D eigenvalue weighted by Crippen LogP contribution is -2.04. The summed E-state index contributed by atoms with van der Waals surface area (Å²) in [7, 11) is 0. The fourth-order valence-electron chi connectivity index (χ4n) is 1.45. The van der Waals surface area contributed by atoms with Gasteiger partial charge in [0.1, 0.15) is 10.9 Å². The van der Waals surface area contributed by atoms with Gasteiger partial charge in [0.25, 0.3) is 0 Å². The zero-order valence-electron chi connectivity index (χ0n) is 10.1. The van der Waals surface area contributed by atoms with Crippen LogP contribution in [0.1, 0.15) is 5.56 Å². The molecule has 1 aromatic heterocycles. The monoisotopic (exact) mass is 318 g/mol. The summed E-state index contributed by atoms with van der Waals surface area (Å²) in [6, 6.07) is 5.97. The van der Waals surface area contributed by atoms with Crippen molar-refractivity contribution in [3.8, 4) is 11.6 Å². The maximum Gasteiger partial charge on any atom is 0.416 e.